The predicted molar refractivity (Wildman–Crippen MR) is 67.5 cm³/mol. The van der Waals surface area contributed by atoms with Crippen molar-refractivity contribution >= 4 is 32.8 Å². The van der Waals surface area contributed by atoms with E-state index in [9.17, 15) is 4.79 Å². The average molecular weight is 290 g/mol. The minimum atomic E-state index is -0.411. The van der Waals surface area contributed by atoms with Crippen molar-refractivity contribution in [3.63, 3.8) is 0 Å². The SMILES string of the molecule is CCC(C)Cc1ccc(C(=O)Cl)cc1Br. The monoisotopic (exact) mass is 288 g/mol. The van der Waals surface area contributed by atoms with Gasteiger partial charge in [-0.2, -0.15) is 0 Å². The molecule has 1 aromatic rings. The van der Waals surface area contributed by atoms with Crippen molar-refractivity contribution < 1.29 is 4.79 Å². The molecule has 0 N–H and O–H groups in total. The molecule has 0 fully saturated rings. The average Bonchev–Trinajstić information content (AvgIpc) is 2.20. The van der Waals surface area contributed by atoms with Gasteiger partial charge in [0.2, 0.25) is 0 Å². The predicted octanol–water partition coefficient (Wildman–Crippen LogP) is 4.42. The van der Waals surface area contributed by atoms with Crippen LogP contribution in [-0.2, 0) is 6.42 Å². The Labute approximate surface area is 104 Å². The highest BCUT2D eigenvalue weighted by Crippen LogP contribution is 2.23. The second-order valence-corrected chi connectivity index (χ2v) is 5.00. The fraction of sp³-hybridized carbons (Fsp3) is 0.417. The molecular weight excluding hydrogens is 275 g/mol. The Balaban J connectivity index is 2.88. The Hall–Kier alpha value is -0.340. The van der Waals surface area contributed by atoms with Crippen molar-refractivity contribution in [1.82, 2.24) is 0 Å². The molecule has 1 aromatic carbocycles. The molecule has 0 saturated carbocycles. The molecule has 0 bridgehead atoms. The van der Waals surface area contributed by atoms with Gasteiger partial charge in [0, 0.05) is 10.0 Å². The van der Waals surface area contributed by atoms with Crippen LogP contribution in [0.5, 0.6) is 0 Å². The van der Waals surface area contributed by atoms with E-state index in [0.717, 1.165) is 17.3 Å². The molecule has 0 aliphatic rings. The van der Waals surface area contributed by atoms with Gasteiger partial charge in [-0.1, -0.05) is 42.3 Å². The fourth-order valence-electron chi connectivity index (χ4n) is 1.35. The van der Waals surface area contributed by atoms with E-state index in [2.05, 4.69) is 29.8 Å². The molecule has 0 amide bonds. The smallest absolute Gasteiger partial charge is 0.252 e. The summed E-state index contributed by atoms with van der Waals surface area (Å²) in [7, 11) is 0. The Bertz CT molecular complexity index is 363. The van der Waals surface area contributed by atoms with Crippen LogP contribution in [0, 0.1) is 5.92 Å². The first-order valence-electron chi connectivity index (χ1n) is 5.02. The molecule has 15 heavy (non-hydrogen) atoms. The molecule has 1 unspecified atom stereocenters. The van der Waals surface area contributed by atoms with Crippen molar-refractivity contribution in [2.45, 2.75) is 26.7 Å². The van der Waals surface area contributed by atoms with Crippen molar-refractivity contribution in [3.05, 3.63) is 33.8 Å². The van der Waals surface area contributed by atoms with Gasteiger partial charge in [0.1, 0.15) is 0 Å². The molecule has 1 rings (SSSR count). The van der Waals surface area contributed by atoms with Gasteiger partial charge in [0.05, 0.1) is 0 Å². The van der Waals surface area contributed by atoms with E-state index < -0.39 is 5.24 Å². The van der Waals surface area contributed by atoms with Crippen LogP contribution in [0.2, 0.25) is 0 Å². The second-order valence-electron chi connectivity index (χ2n) is 3.80. The van der Waals surface area contributed by atoms with Crippen molar-refractivity contribution in [2.24, 2.45) is 5.92 Å². The van der Waals surface area contributed by atoms with E-state index in [0.29, 0.717) is 11.5 Å². The van der Waals surface area contributed by atoms with Crippen LogP contribution in [0.1, 0.15) is 36.2 Å². The van der Waals surface area contributed by atoms with Gasteiger partial charge in [-0.3, -0.25) is 4.79 Å². The summed E-state index contributed by atoms with van der Waals surface area (Å²) in [6, 6.07) is 5.52. The Morgan fingerprint density at radius 2 is 2.20 bits per heavy atom. The lowest BCUT2D eigenvalue weighted by Crippen LogP contribution is -1.99. The number of carbonyl (C=O) groups excluding carboxylic acids is 1. The van der Waals surface area contributed by atoms with E-state index in [1.54, 1.807) is 12.1 Å². The third kappa shape index (κ3) is 3.62. The number of halogens is 2. The fourth-order valence-corrected chi connectivity index (χ4v) is 2.01. The largest absolute Gasteiger partial charge is 0.276 e. The van der Waals surface area contributed by atoms with Crippen LogP contribution in [0.4, 0.5) is 0 Å². The lowest BCUT2D eigenvalue weighted by atomic mass is 9.98. The second kappa shape index (κ2) is 5.66. The van der Waals surface area contributed by atoms with Crippen LogP contribution in [0.3, 0.4) is 0 Å². The number of rotatable bonds is 4. The summed E-state index contributed by atoms with van der Waals surface area (Å²) in [4.78, 5) is 10.9. The molecule has 0 spiro atoms. The molecule has 0 aliphatic carbocycles. The van der Waals surface area contributed by atoms with Crippen LogP contribution >= 0.6 is 27.5 Å². The molecule has 1 atom stereocenters. The maximum absolute atomic E-state index is 10.9. The molecule has 0 heterocycles. The van der Waals surface area contributed by atoms with Crippen molar-refractivity contribution in [1.29, 1.82) is 0 Å². The molecule has 1 nitrogen and oxygen atoms in total. The highest BCUT2D eigenvalue weighted by molar-refractivity contribution is 9.10. The maximum Gasteiger partial charge on any atom is 0.252 e. The third-order valence-electron chi connectivity index (χ3n) is 2.55. The lowest BCUT2D eigenvalue weighted by molar-refractivity contribution is 0.108. The molecule has 82 valence electrons. The van der Waals surface area contributed by atoms with Crippen LogP contribution < -0.4 is 0 Å². The minimum Gasteiger partial charge on any atom is -0.276 e. The number of hydrogen-bond donors (Lipinski definition) is 0. The van der Waals surface area contributed by atoms with E-state index in [1.807, 2.05) is 6.07 Å². The van der Waals surface area contributed by atoms with E-state index >= 15 is 0 Å². The van der Waals surface area contributed by atoms with Crippen molar-refractivity contribution in [2.75, 3.05) is 0 Å². The molecule has 0 radical (unpaired) electrons. The molecular formula is C12H14BrClO. The molecule has 3 heteroatoms. The zero-order chi connectivity index (χ0) is 11.4. The van der Waals surface area contributed by atoms with Gasteiger partial charge in [0.25, 0.3) is 5.24 Å². The summed E-state index contributed by atoms with van der Waals surface area (Å²) in [5.41, 5.74) is 1.77. The molecule has 0 aromatic heterocycles. The summed E-state index contributed by atoms with van der Waals surface area (Å²) in [6.45, 7) is 4.39. The standard InChI is InChI=1S/C12H14BrClO/c1-3-8(2)6-9-4-5-10(12(14)15)7-11(9)13/h4-5,7-8H,3,6H2,1-2H3. The van der Waals surface area contributed by atoms with Gasteiger partial charge < -0.3 is 0 Å². The molecule has 0 saturated heterocycles. The summed E-state index contributed by atoms with van der Waals surface area (Å²) >= 11 is 8.86. The highest BCUT2D eigenvalue weighted by Gasteiger charge is 2.08. The first-order chi connectivity index (χ1) is 7.04. The summed E-state index contributed by atoms with van der Waals surface area (Å²) in [5.74, 6) is 0.652. The minimum absolute atomic E-state index is 0.411. The zero-order valence-electron chi connectivity index (χ0n) is 8.89. The summed E-state index contributed by atoms with van der Waals surface area (Å²) < 4.78 is 0.967. The number of benzene rings is 1. The topological polar surface area (TPSA) is 17.1 Å². The molecule has 0 aliphatic heterocycles. The van der Waals surface area contributed by atoms with E-state index in [-0.39, 0.29) is 0 Å². The number of hydrogen-bond acceptors (Lipinski definition) is 1. The van der Waals surface area contributed by atoms with Gasteiger partial charge in [-0.25, -0.2) is 0 Å². The van der Waals surface area contributed by atoms with Crippen molar-refractivity contribution in [3.8, 4) is 0 Å². The van der Waals surface area contributed by atoms with Gasteiger partial charge in [-0.15, -0.1) is 0 Å². The van der Waals surface area contributed by atoms with E-state index in [1.165, 1.54) is 5.56 Å². The lowest BCUT2D eigenvalue weighted by Gasteiger charge is -2.10. The maximum atomic E-state index is 10.9. The summed E-state index contributed by atoms with van der Waals surface area (Å²) in [5, 5.41) is -0.411. The van der Waals surface area contributed by atoms with Gasteiger partial charge >= 0.3 is 0 Å². The summed E-state index contributed by atoms with van der Waals surface area (Å²) in [6.07, 6.45) is 2.18. The highest BCUT2D eigenvalue weighted by atomic mass is 79.9. The quantitative estimate of drug-likeness (QED) is 0.750. The first kappa shape index (κ1) is 12.7. The Morgan fingerprint density at radius 3 is 2.67 bits per heavy atom. The van der Waals surface area contributed by atoms with Gasteiger partial charge in [-0.05, 0) is 41.6 Å². The Kier molecular flexibility index (Phi) is 4.81. The normalized spacial score (nSPS) is 12.5. The van der Waals surface area contributed by atoms with E-state index in [4.69, 9.17) is 11.6 Å². The van der Waals surface area contributed by atoms with Crippen LogP contribution in [-0.4, -0.2) is 5.24 Å². The van der Waals surface area contributed by atoms with Crippen LogP contribution in [0.25, 0.3) is 0 Å². The third-order valence-corrected chi connectivity index (χ3v) is 3.50. The zero-order valence-corrected chi connectivity index (χ0v) is 11.2. The Morgan fingerprint density at radius 1 is 1.53 bits per heavy atom. The van der Waals surface area contributed by atoms with Crippen LogP contribution in [0.15, 0.2) is 22.7 Å². The number of carbonyl (C=O) groups is 1. The first-order valence-corrected chi connectivity index (χ1v) is 6.20. The van der Waals surface area contributed by atoms with Gasteiger partial charge in [0.15, 0.2) is 0 Å².